The third kappa shape index (κ3) is 19.7. The summed E-state index contributed by atoms with van der Waals surface area (Å²) in [4.78, 5) is 10.8. The predicted octanol–water partition coefficient (Wildman–Crippen LogP) is 13.4. The Labute approximate surface area is 458 Å². The normalized spacial score (nSPS) is 18.2. The summed E-state index contributed by atoms with van der Waals surface area (Å²) in [6, 6.07) is 23.1. The van der Waals surface area contributed by atoms with Crippen molar-refractivity contribution in [1.29, 1.82) is 0 Å². The summed E-state index contributed by atoms with van der Waals surface area (Å²) >= 11 is 1.60. The second kappa shape index (κ2) is 33.3. The molecule has 3 heterocycles. The first-order valence-corrected chi connectivity index (χ1v) is 31.0. The van der Waals surface area contributed by atoms with Crippen LogP contribution in [0.2, 0.25) is 0 Å². The molecule has 4 aliphatic rings. The maximum atomic E-state index is 13.7. The van der Waals surface area contributed by atoms with E-state index >= 15 is 0 Å². The summed E-state index contributed by atoms with van der Waals surface area (Å²) in [6.45, 7) is 20.8. The number of allylic oxidation sites excluding steroid dienone is 10. The van der Waals surface area contributed by atoms with Crippen LogP contribution in [0.4, 0.5) is 18.9 Å². The van der Waals surface area contributed by atoms with Crippen molar-refractivity contribution >= 4 is 41.2 Å². The number of nitrogens with one attached hydrogen (secondary N) is 2. The number of likely N-dealkylation sites (tertiary alicyclic amines) is 1. The molecule has 8 rings (SSSR count). The van der Waals surface area contributed by atoms with Crippen LogP contribution in [0.25, 0.3) is 16.8 Å². The van der Waals surface area contributed by atoms with E-state index < -0.39 is 28.5 Å². The minimum atomic E-state index is -5.63. The summed E-state index contributed by atoms with van der Waals surface area (Å²) in [5.41, 5.74) is 2.19. The predicted molar refractivity (Wildman–Crippen MR) is 315 cm³/mol. The quantitative estimate of drug-likeness (QED) is 0.0781. The van der Waals surface area contributed by atoms with E-state index in [2.05, 4.69) is 129 Å². The van der Waals surface area contributed by atoms with E-state index in [4.69, 9.17) is 9.63 Å². The number of alkyl halides is 3. The van der Waals surface area contributed by atoms with Crippen LogP contribution < -0.4 is 14.9 Å². The SMILES string of the molecule is CC.CC.CCN1CCC(O)CC1.Cc1c(OP(C)NC2=CC=C(N3CCN(C)CC3)C=CC2)ccc(NCCSCc2ccccc2)c1S(=O)(=O)C(F)(F)F.Cn1cnc(-c2ccccc2)c1C1=C/CC/C=C/C=C\1. The van der Waals surface area contributed by atoms with Gasteiger partial charge in [-0.3, -0.25) is 0 Å². The Morgan fingerprint density at radius 2 is 1.53 bits per heavy atom. The maximum absolute atomic E-state index is 13.7. The van der Waals surface area contributed by atoms with E-state index in [9.17, 15) is 21.6 Å². The molecule has 0 saturated carbocycles. The lowest BCUT2D eigenvalue weighted by Gasteiger charge is -2.34. The Kier molecular flexibility index (Phi) is 27.8. The molecule has 1 atom stereocenters. The van der Waals surface area contributed by atoms with Crippen molar-refractivity contribution in [1.82, 2.24) is 29.3 Å². The molecule has 2 saturated heterocycles. The number of piperazine rings is 1. The Morgan fingerprint density at radius 1 is 0.855 bits per heavy atom. The van der Waals surface area contributed by atoms with Gasteiger partial charge in [0, 0.05) is 100.0 Å². The molecule has 3 aromatic carbocycles. The van der Waals surface area contributed by atoms with Gasteiger partial charge in [0.2, 0.25) is 0 Å². The van der Waals surface area contributed by atoms with E-state index in [1.54, 1.807) is 18.4 Å². The fourth-order valence-electron chi connectivity index (χ4n) is 8.47. The van der Waals surface area contributed by atoms with Crippen molar-refractivity contribution in [2.24, 2.45) is 7.05 Å². The highest BCUT2D eigenvalue weighted by Crippen LogP contribution is 2.43. The summed E-state index contributed by atoms with van der Waals surface area (Å²) < 4.78 is 74.7. The highest BCUT2D eigenvalue weighted by Gasteiger charge is 2.49. The van der Waals surface area contributed by atoms with Gasteiger partial charge in [0.1, 0.15) is 10.6 Å². The van der Waals surface area contributed by atoms with Crippen molar-refractivity contribution in [3.8, 4) is 17.0 Å². The number of nitrogens with zero attached hydrogens (tertiary/aromatic N) is 5. The Balaban J connectivity index is 0.000000308. The number of likely N-dealkylation sites (N-methyl/N-ethyl adjacent to an activating group) is 1. The van der Waals surface area contributed by atoms with E-state index in [0.717, 1.165) is 105 Å². The Hall–Kier alpha value is -5.09. The van der Waals surface area contributed by atoms with E-state index in [1.165, 1.54) is 30.3 Å². The second-order valence-corrected chi connectivity index (χ2v) is 22.4. The van der Waals surface area contributed by atoms with Crippen LogP contribution in [-0.2, 0) is 22.6 Å². The number of hydrogen-bond acceptors (Lipinski definition) is 11. The minimum Gasteiger partial charge on any atom is -0.453 e. The van der Waals surface area contributed by atoms with E-state index in [-0.39, 0.29) is 23.1 Å². The number of imidazole rings is 1. The number of piperidine rings is 1. The van der Waals surface area contributed by atoms with Crippen LogP contribution in [0, 0.1) is 6.92 Å². The van der Waals surface area contributed by atoms with Crippen LogP contribution in [0.15, 0.2) is 150 Å². The number of thioether (sulfide) groups is 1. The highest BCUT2D eigenvalue weighted by atomic mass is 32.2. The molecular formula is C59H83F3N7O4PS2. The molecule has 0 bridgehead atoms. The number of rotatable bonds is 15. The zero-order valence-corrected chi connectivity index (χ0v) is 48.7. The first-order chi connectivity index (χ1) is 36.6. The topological polar surface area (TPSA) is 115 Å². The van der Waals surface area contributed by atoms with Gasteiger partial charge in [0.05, 0.1) is 29.5 Å². The summed E-state index contributed by atoms with van der Waals surface area (Å²) in [6.07, 6.45) is 25.7. The number of benzene rings is 3. The number of aromatic nitrogens is 2. The molecule has 11 nitrogen and oxygen atoms in total. The number of sulfone groups is 1. The molecule has 0 spiro atoms. The summed E-state index contributed by atoms with van der Waals surface area (Å²) in [5.74, 6) is 1.41. The fraction of sp³-hybridized carbons (Fsp3) is 0.441. The van der Waals surface area contributed by atoms with E-state index in [0.29, 0.717) is 18.7 Å². The molecule has 4 aromatic rings. The number of aliphatic hydroxyl groups is 1. The van der Waals surface area contributed by atoms with Gasteiger partial charge in [-0.2, -0.15) is 24.9 Å². The first kappa shape index (κ1) is 63.4. The molecule has 2 aliphatic heterocycles. The number of hydrogen-bond donors (Lipinski definition) is 3. The zero-order chi connectivity index (χ0) is 55.5. The molecule has 1 aromatic heterocycles. The number of halogens is 3. The molecule has 17 heteroatoms. The largest absolute Gasteiger partial charge is 0.502 e. The van der Waals surface area contributed by atoms with Gasteiger partial charge in [-0.1, -0.05) is 132 Å². The van der Waals surface area contributed by atoms with Crippen LogP contribution in [0.3, 0.4) is 0 Å². The maximum Gasteiger partial charge on any atom is 0.502 e. The van der Waals surface area contributed by atoms with Crippen molar-refractivity contribution < 1.29 is 31.2 Å². The lowest BCUT2D eigenvalue weighted by molar-refractivity contribution is -0.0436. The van der Waals surface area contributed by atoms with Crippen LogP contribution in [0.5, 0.6) is 5.75 Å². The first-order valence-electron chi connectivity index (χ1n) is 26.6. The van der Waals surface area contributed by atoms with Gasteiger partial charge in [-0.25, -0.2) is 13.4 Å². The second-order valence-electron chi connectivity index (χ2n) is 18.0. The average Bonchev–Trinajstić information content (AvgIpc) is 3.67. The molecule has 1 unspecified atom stereocenters. The van der Waals surface area contributed by atoms with Crippen molar-refractivity contribution in [2.75, 3.05) is 77.1 Å². The Morgan fingerprint density at radius 3 is 2.18 bits per heavy atom. The molecule has 0 radical (unpaired) electrons. The van der Waals surface area contributed by atoms with Crippen molar-refractivity contribution in [3.05, 3.63) is 162 Å². The lowest BCUT2D eigenvalue weighted by Crippen LogP contribution is -2.43. The standard InChI is InChI=1S/C30H38F3N4O3PS2.C18H18N2.C7H15NO.2C2H6/c1-23-28(40-41(3)35-25-10-7-11-26(13-12-25)37-19-17-36(2)18-20-37)15-14-27(29(23)43(38,39)30(31,32)33)34-16-21-42-22-24-8-5-4-6-9-24;1-20-14-19-17(15-10-8-5-9-11-15)18(20)16-12-6-3-2-4-7-13-16;1-2-8-5-3-7(9)4-6-8;2*1-2/h4-9,11-15,34-35H,10,16-22H2,1-3H3;2-3,5-6,8-14H,4,7H2,1H3;7,9H,2-6H2,1H3;2*1-2H3/b;3-2+,12-6-,16-13+;;;. The van der Waals surface area contributed by atoms with Crippen molar-refractivity contribution in [3.63, 3.8) is 0 Å². The zero-order valence-electron chi connectivity index (χ0n) is 46.2. The molecule has 3 N–H and O–H groups in total. The summed E-state index contributed by atoms with van der Waals surface area (Å²) in [7, 11) is -2.84. The third-order valence-corrected chi connectivity index (χ3v) is 16.3. The molecular weight excluding hydrogens is 1020 g/mol. The molecule has 0 amide bonds. The minimum absolute atomic E-state index is 0.0206. The number of aliphatic hydroxyl groups excluding tert-OH is 1. The Bertz CT molecular complexity index is 2640. The van der Waals surface area contributed by atoms with Crippen LogP contribution in [-0.4, -0.2) is 121 Å². The smallest absolute Gasteiger partial charge is 0.453 e. The van der Waals surface area contributed by atoms with Gasteiger partial charge < -0.3 is 39.3 Å². The molecule has 2 aliphatic carbocycles. The number of anilines is 1. The highest BCUT2D eigenvalue weighted by molar-refractivity contribution is 7.98. The van der Waals surface area contributed by atoms with Gasteiger partial charge in [-0.05, 0) is 87.7 Å². The molecule has 2 fully saturated rings. The van der Waals surface area contributed by atoms with Crippen LogP contribution in [0.1, 0.15) is 83.5 Å². The van der Waals surface area contributed by atoms with E-state index in [1.807, 2.05) is 76.5 Å². The molecule has 416 valence electrons. The number of aryl methyl sites for hydroxylation is 1. The van der Waals surface area contributed by atoms with Gasteiger partial charge >= 0.3 is 5.51 Å². The monoisotopic (exact) mass is 1110 g/mol. The van der Waals surface area contributed by atoms with Gasteiger partial charge in [0.15, 0.2) is 8.30 Å². The van der Waals surface area contributed by atoms with Crippen molar-refractivity contribution in [2.45, 2.75) is 95.9 Å². The van der Waals surface area contributed by atoms with Gasteiger partial charge in [-0.15, -0.1) is 0 Å². The van der Waals surface area contributed by atoms with Crippen LogP contribution >= 0.6 is 20.1 Å². The fourth-order valence-corrected chi connectivity index (χ4v) is 11.6. The third-order valence-electron chi connectivity index (χ3n) is 12.6. The van der Waals surface area contributed by atoms with Gasteiger partial charge in [0.25, 0.3) is 9.84 Å². The lowest BCUT2D eigenvalue weighted by atomic mass is 10.0. The molecule has 76 heavy (non-hydrogen) atoms. The summed E-state index contributed by atoms with van der Waals surface area (Å²) in [5, 5.41) is 15.3. The average molecular weight is 1110 g/mol.